The maximum Gasteiger partial charge on any atom is 0.335 e. The first-order chi connectivity index (χ1) is 9.34. The molecule has 0 radical (unpaired) electrons. The Morgan fingerprint density at radius 3 is 2.75 bits per heavy atom. The van der Waals surface area contributed by atoms with E-state index in [2.05, 4.69) is 0 Å². The van der Waals surface area contributed by atoms with Crippen LogP contribution in [-0.4, -0.2) is 47.9 Å². The molecule has 1 unspecified atom stereocenters. The average molecular weight is 319 g/mol. The van der Waals surface area contributed by atoms with Crippen LogP contribution < -0.4 is 0 Å². The standard InChI is InChI=1S/C12H14FNO4S2/c1-8-7-19-5-4-14(8)20(17,18)11-3-2-9(12(15)16)6-10(11)13/h2-3,6,8H,4-5,7H2,1H3,(H,15,16). The van der Waals surface area contributed by atoms with Gasteiger partial charge in [0.1, 0.15) is 10.7 Å². The Morgan fingerprint density at radius 2 is 2.20 bits per heavy atom. The first kappa shape index (κ1) is 15.3. The molecule has 0 aliphatic carbocycles. The molecule has 1 saturated heterocycles. The van der Waals surface area contributed by atoms with Crippen LogP contribution in [0.15, 0.2) is 23.1 Å². The number of carboxylic acids is 1. The quantitative estimate of drug-likeness (QED) is 0.917. The van der Waals surface area contributed by atoms with Crippen LogP contribution in [0.3, 0.4) is 0 Å². The fourth-order valence-corrected chi connectivity index (χ4v) is 4.94. The van der Waals surface area contributed by atoms with Gasteiger partial charge in [0.15, 0.2) is 0 Å². The van der Waals surface area contributed by atoms with E-state index in [0.29, 0.717) is 18.1 Å². The zero-order chi connectivity index (χ0) is 14.9. The van der Waals surface area contributed by atoms with Gasteiger partial charge >= 0.3 is 5.97 Å². The highest BCUT2D eigenvalue weighted by molar-refractivity contribution is 7.99. The fourth-order valence-electron chi connectivity index (χ4n) is 2.04. The van der Waals surface area contributed by atoms with Gasteiger partial charge in [-0.3, -0.25) is 0 Å². The molecule has 0 aromatic heterocycles. The van der Waals surface area contributed by atoms with Crippen molar-refractivity contribution in [3.8, 4) is 0 Å². The van der Waals surface area contributed by atoms with Gasteiger partial charge in [-0.05, 0) is 25.1 Å². The fraction of sp³-hybridized carbons (Fsp3) is 0.417. The summed E-state index contributed by atoms with van der Waals surface area (Å²) in [4.78, 5) is 10.3. The van der Waals surface area contributed by atoms with Crippen LogP contribution in [0, 0.1) is 5.82 Å². The summed E-state index contributed by atoms with van der Waals surface area (Å²) in [7, 11) is -3.93. The van der Waals surface area contributed by atoms with E-state index in [-0.39, 0.29) is 11.6 Å². The van der Waals surface area contributed by atoms with Gasteiger partial charge in [-0.15, -0.1) is 0 Å². The SMILES string of the molecule is CC1CSCCN1S(=O)(=O)c1ccc(C(=O)O)cc1F. The summed E-state index contributed by atoms with van der Waals surface area (Å²) in [5.74, 6) is -1.00. The molecule has 1 fully saturated rings. The lowest BCUT2D eigenvalue weighted by Gasteiger charge is -2.32. The van der Waals surface area contributed by atoms with Gasteiger partial charge in [0, 0.05) is 24.1 Å². The highest BCUT2D eigenvalue weighted by Crippen LogP contribution is 2.26. The molecular weight excluding hydrogens is 305 g/mol. The zero-order valence-corrected chi connectivity index (χ0v) is 12.4. The molecule has 1 heterocycles. The maximum atomic E-state index is 13.9. The lowest BCUT2D eigenvalue weighted by atomic mass is 10.2. The van der Waals surface area contributed by atoms with Crippen LogP contribution in [-0.2, 0) is 10.0 Å². The van der Waals surface area contributed by atoms with Crippen LogP contribution in [0.4, 0.5) is 4.39 Å². The molecule has 0 amide bonds. The molecule has 1 aliphatic rings. The summed E-state index contributed by atoms with van der Waals surface area (Å²) < 4.78 is 40.0. The minimum Gasteiger partial charge on any atom is -0.478 e. The molecule has 8 heteroatoms. The van der Waals surface area contributed by atoms with Crippen molar-refractivity contribution in [2.24, 2.45) is 0 Å². The van der Waals surface area contributed by atoms with E-state index >= 15 is 0 Å². The third-order valence-corrected chi connectivity index (χ3v) is 6.31. The Morgan fingerprint density at radius 1 is 1.50 bits per heavy atom. The molecule has 0 saturated carbocycles. The molecule has 0 spiro atoms. The third-order valence-electron chi connectivity index (χ3n) is 3.07. The minimum absolute atomic E-state index is 0.211. The average Bonchev–Trinajstić information content (AvgIpc) is 2.38. The Balaban J connectivity index is 2.41. The first-order valence-corrected chi connectivity index (χ1v) is 8.56. The lowest BCUT2D eigenvalue weighted by molar-refractivity contribution is 0.0696. The Bertz CT molecular complexity index is 632. The Labute approximate surface area is 120 Å². The van der Waals surface area contributed by atoms with Crippen molar-refractivity contribution in [1.82, 2.24) is 4.31 Å². The highest BCUT2D eigenvalue weighted by atomic mass is 32.2. The van der Waals surface area contributed by atoms with E-state index in [1.807, 2.05) is 0 Å². The minimum atomic E-state index is -3.93. The van der Waals surface area contributed by atoms with Crippen molar-refractivity contribution in [1.29, 1.82) is 0 Å². The molecule has 20 heavy (non-hydrogen) atoms. The van der Waals surface area contributed by atoms with E-state index < -0.39 is 26.7 Å². The number of carboxylic acid groups (broad SMARTS) is 1. The van der Waals surface area contributed by atoms with Gasteiger partial charge in [0.2, 0.25) is 10.0 Å². The number of halogens is 1. The molecule has 5 nitrogen and oxygen atoms in total. The number of sulfonamides is 1. The van der Waals surface area contributed by atoms with Crippen molar-refractivity contribution < 1.29 is 22.7 Å². The summed E-state index contributed by atoms with van der Waals surface area (Å²) in [6.45, 7) is 2.10. The summed E-state index contributed by atoms with van der Waals surface area (Å²) >= 11 is 1.65. The van der Waals surface area contributed by atoms with Gasteiger partial charge in [-0.25, -0.2) is 17.6 Å². The molecule has 1 aliphatic heterocycles. The number of nitrogens with zero attached hydrogens (tertiary/aromatic N) is 1. The monoisotopic (exact) mass is 319 g/mol. The second-order valence-electron chi connectivity index (χ2n) is 4.49. The summed E-state index contributed by atoms with van der Waals surface area (Å²) in [5, 5.41) is 8.76. The number of aromatic carboxylic acids is 1. The smallest absolute Gasteiger partial charge is 0.335 e. The summed E-state index contributed by atoms with van der Waals surface area (Å²) in [5.41, 5.74) is -0.274. The third kappa shape index (κ3) is 2.82. The molecule has 0 bridgehead atoms. The number of carbonyl (C=O) groups is 1. The van der Waals surface area contributed by atoms with E-state index in [0.717, 1.165) is 18.2 Å². The van der Waals surface area contributed by atoms with Crippen LogP contribution >= 0.6 is 11.8 Å². The molecule has 1 N–H and O–H groups in total. The number of benzene rings is 1. The number of rotatable bonds is 3. The first-order valence-electron chi connectivity index (χ1n) is 5.96. The molecule has 2 rings (SSSR count). The van der Waals surface area contributed by atoms with E-state index in [1.165, 1.54) is 4.31 Å². The van der Waals surface area contributed by atoms with Gasteiger partial charge in [0.25, 0.3) is 0 Å². The molecule has 1 aromatic carbocycles. The molecule has 110 valence electrons. The van der Waals surface area contributed by atoms with Gasteiger partial charge in [0.05, 0.1) is 5.56 Å². The van der Waals surface area contributed by atoms with E-state index in [1.54, 1.807) is 18.7 Å². The predicted octanol–water partition coefficient (Wildman–Crippen LogP) is 1.65. The van der Waals surface area contributed by atoms with Crippen molar-refractivity contribution in [3.63, 3.8) is 0 Å². The predicted molar refractivity (Wildman–Crippen MR) is 74.0 cm³/mol. The van der Waals surface area contributed by atoms with Crippen molar-refractivity contribution in [2.75, 3.05) is 18.1 Å². The van der Waals surface area contributed by atoms with Crippen LogP contribution in [0.2, 0.25) is 0 Å². The van der Waals surface area contributed by atoms with Crippen LogP contribution in [0.25, 0.3) is 0 Å². The highest BCUT2D eigenvalue weighted by Gasteiger charge is 2.33. The van der Waals surface area contributed by atoms with Crippen LogP contribution in [0.5, 0.6) is 0 Å². The topological polar surface area (TPSA) is 74.7 Å². The van der Waals surface area contributed by atoms with Gasteiger partial charge < -0.3 is 5.11 Å². The van der Waals surface area contributed by atoms with E-state index in [4.69, 9.17) is 5.11 Å². The number of hydrogen-bond acceptors (Lipinski definition) is 4. The Kier molecular flexibility index (Phi) is 4.36. The van der Waals surface area contributed by atoms with Crippen molar-refractivity contribution in [2.45, 2.75) is 17.9 Å². The van der Waals surface area contributed by atoms with Crippen molar-refractivity contribution >= 4 is 27.8 Å². The van der Waals surface area contributed by atoms with Gasteiger partial charge in [-0.1, -0.05) is 0 Å². The summed E-state index contributed by atoms with van der Waals surface area (Å²) in [6.07, 6.45) is 0. The normalized spacial score (nSPS) is 20.8. The second kappa shape index (κ2) is 5.71. The number of thioether (sulfide) groups is 1. The molecule has 1 aromatic rings. The Hall–Kier alpha value is -1.12. The van der Waals surface area contributed by atoms with E-state index in [9.17, 15) is 17.6 Å². The lowest BCUT2D eigenvalue weighted by Crippen LogP contribution is -2.44. The largest absolute Gasteiger partial charge is 0.478 e. The van der Waals surface area contributed by atoms with Crippen LogP contribution in [0.1, 0.15) is 17.3 Å². The second-order valence-corrected chi connectivity index (χ2v) is 7.50. The van der Waals surface area contributed by atoms with Crippen molar-refractivity contribution in [3.05, 3.63) is 29.6 Å². The number of hydrogen-bond donors (Lipinski definition) is 1. The maximum absolute atomic E-state index is 13.9. The zero-order valence-electron chi connectivity index (χ0n) is 10.7. The molecule has 1 atom stereocenters. The summed E-state index contributed by atoms with van der Waals surface area (Å²) in [6, 6.07) is 2.64. The van der Waals surface area contributed by atoms with Gasteiger partial charge in [-0.2, -0.15) is 16.1 Å². The molecular formula is C12H14FNO4S2.